The summed E-state index contributed by atoms with van der Waals surface area (Å²) in [5, 5.41) is 12.7. The molecule has 1 N–H and O–H groups in total. The Balaban J connectivity index is 1.86. The quantitative estimate of drug-likeness (QED) is 0.895. The molecular weight excluding hydrogens is 268 g/mol. The van der Waals surface area contributed by atoms with E-state index in [1.165, 1.54) is 24.2 Å². The Hall–Kier alpha value is -1.19. The molecule has 1 aliphatic carbocycles. The largest absolute Gasteiger partial charge is 0.507 e. The van der Waals surface area contributed by atoms with Crippen LogP contribution in [0.25, 0.3) is 10.8 Å². The van der Waals surface area contributed by atoms with Crippen molar-refractivity contribution in [2.75, 3.05) is 7.11 Å². The number of fused-ring (bicyclic) bond motifs is 1. The van der Waals surface area contributed by atoms with E-state index in [1.54, 1.807) is 6.07 Å². The van der Waals surface area contributed by atoms with Gasteiger partial charge in [0.05, 0.1) is 6.10 Å². The topological polar surface area (TPSA) is 29.5 Å². The van der Waals surface area contributed by atoms with Gasteiger partial charge in [0.25, 0.3) is 0 Å². The summed E-state index contributed by atoms with van der Waals surface area (Å²) in [5.41, 5.74) is 0. The zero-order chi connectivity index (χ0) is 13.9. The molecule has 3 heteroatoms. The minimum atomic E-state index is 0.364. The monoisotopic (exact) mass is 288 g/mol. The molecule has 2 atom stereocenters. The summed E-state index contributed by atoms with van der Waals surface area (Å²) in [6, 6.07) is 11.9. The Morgan fingerprint density at radius 1 is 1.10 bits per heavy atom. The zero-order valence-corrected chi connectivity index (χ0v) is 12.5. The molecule has 0 aliphatic heterocycles. The third-order valence-electron chi connectivity index (χ3n) is 4.07. The maximum atomic E-state index is 9.95. The molecule has 2 unspecified atom stereocenters. The second kappa shape index (κ2) is 6.06. The van der Waals surface area contributed by atoms with Gasteiger partial charge in [-0.3, -0.25) is 0 Å². The molecule has 0 amide bonds. The predicted octanol–water partition coefficient (Wildman–Crippen LogP) is 4.60. The highest BCUT2D eigenvalue weighted by molar-refractivity contribution is 8.00. The molecule has 2 aromatic carbocycles. The lowest BCUT2D eigenvalue weighted by Gasteiger charge is -2.28. The Morgan fingerprint density at radius 3 is 2.70 bits per heavy atom. The highest BCUT2D eigenvalue weighted by Crippen LogP contribution is 2.39. The summed E-state index contributed by atoms with van der Waals surface area (Å²) < 4.78 is 5.51. The van der Waals surface area contributed by atoms with Gasteiger partial charge >= 0.3 is 0 Å². The van der Waals surface area contributed by atoms with Crippen molar-refractivity contribution >= 4 is 22.5 Å². The lowest BCUT2D eigenvalue weighted by atomic mass is 9.97. The van der Waals surface area contributed by atoms with Crippen LogP contribution in [-0.2, 0) is 4.74 Å². The van der Waals surface area contributed by atoms with Crippen LogP contribution in [-0.4, -0.2) is 23.6 Å². The van der Waals surface area contributed by atoms with E-state index < -0.39 is 0 Å². The summed E-state index contributed by atoms with van der Waals surface area (Å²) in [5.74, 6) is 0.364. The maximum Gasteiger partial charge on any atom is 0.123 e. The molecule has 3 rings (SSSR count). The van der Waals surface area contributed by atoms with Crippen molar-refractivity contribution in [3.8, 4) is 5.75 Å². The van der Waals surface area contributed by atoms with Crippen molar-refractivity contribution in [1.82, 2.24) is 0 Å². The molecular formula is C17H20O2S. The van der Waals surface area contributed by atoms with Gasteiger partial charge in [-0.1, -0.05) is 24.3 Å². The molecule has 2 aromatic rings. The predicted molar refractivity (Wildman–Crippen MR) is 84.5 cm³/mol. The maximum absolute atomic E-state index is 9.95. The van der Waals surface area contributed by atoms with Crippen molar-refractivity contribution in [1.29, 1.82) is 0 Å². The van der Waals surface area contributed by atoms with E-state index in [9.17, 15) is 5.11 Å². The Bertz CT molecular complexity index is 597. The van der Waals surface area contributed by atoms with Crippen LogP contribution < -0.4 is 0 Å². The number of benzene rings is 2. The summed E-state index contributed by atoms with van der Waals surface area (Å²) >= 11 is 1.93. The Kier molecular flexibility index (Phi) is 4.18. The van der Waals surface area contributed by atoms with Gasteiger partial charge in [-0.2, -0.15) is 0 Å². The van der Waals surface area contributed by atoms with E-state index in [0.717, 1.165) is 17.2 Å². The van der Waals surface area contributed by atoms with E-state index >= 15 is 0 Å². The van der Waals surface area contributed by atoms with Gasteiger partial charge in [0.15, 0.2) is 0 Å². The number of ether oxygens (including phenoxy) is 1. The summed E-state index contributed by atoms with van der Waals surface area (Å²) in [6.07, 6.45) is 5.20. The van der Waals surface area contributed by atoms with E-state index in [4.69, 9.17) is 4.74 Å². The fraction of sp³-hybridized carbons (Fsp3) is 0.412. The van der Waals surface area contributed by atoms with Crippen molar-refractivity contribution in [3.05, 3.63) is 36.4 Å². The number of rotatable bonds is 3. The van der Waals surface area contributed by atoms with Crippen LogP contribution in [0, 0.1) is 0 Å². The highest BCUT2D eigenvalue weighted by Gasteiger charge is 2.23. The molecule has 0 spiro atoms. The lowest BCUT2D eigenvalue weighted by molar-refractivity contribution is 0.0730. The standard InChI is InChI=1S/C17H20O2S/c1-19-12-5-4-6-13(11-12)20-17-10-9-16(18)14-7-2-3-8-15(14)17/h2-3,7-10,12-13,18H,4-6,11H2,1H3. The van der Waals surface area contributed by atoms with Gasteiger partial charge in [0.1, 0.15) is 5.75 Å². The Labute approximate surface area is 124 Å². The van der Waals surface area contributed by atoms with Gasteiger partial charge in [-0.15, -0.1) is 11.8 Å². The van der Waals surface area contributed by atoms with Gasteiger partial charge in [0.2, 0.25) is 0 Å². The van der Waals surface area contributed by atoms with Gasteiger partial charge in [-0.05, 0) is 43.2 Å². The first-order chi connectivity index (χ1) is 9.78. The number of hydrogen-bond donors (Lipinski definition) is 1. The molecule has 1 aliphatic rings. The summed E-state index contributed by atoms with van der Waals surface area (Å²) in [4.78, 5) is 1.26. The fourth-order valence-corrected chi connectivity index (χ4v) is 4.37. The first kappa shape index (κ1) is 13.8. The van der Waals surface area contributed by atoms with E-state index in [2.05, 4.69) is 6.07 Å². The van der Waals surface area contributed by atoms with Crippen molar-refractivity contribution < 1.29 is 9.84 Å². The minimum Gasteiger partial charge on any atom is -0.507 e. The van der Waals surface area contributed by atoms with Gasteiger partial charge in [0, 0.05) is 22.6 Å². The first-order valence-electron chi connectivity index (χ1n) is 7.18. The molecule has 0 bridgehead atoms. The van der Waals surface area contributed by atoms with Crippen LogP contribution >= 0.6 is 11.8 Å². The molecule has 1 fully saturated rings. The molecule has 106 valence electrons. The number of methoxy groups -OCH3 is 1. The van der Waals surface area contributed by atoms with Crippen LogP contribution in [0.5, 0.6) is 5.75 Å². The van der Waals surface area contributed by atoms with Crippen LogP contribution in [0.4, 0.5) is 0 Å². The normalized spacial score (nSPS) is 23.1. The molecule has 2 nitrogen and oxygen atoms in total. The van der Waals surface area contributed by atoms with E-state index in [-0.39, 0.29) is 0 Å². The van der Waals surface area contributed by atoms with Crippen LogP contribution in [0.15, 0.2) is 41.3 Å². The second-order valence-electron chi connectivity index (χ2n) is 5.39. The Morgan fingerprint density at radius 2 is 1.90 bits per heavy atom. The van der Waals surface area contributed by atoms with Gasteiger partial charge in [-0.25, -0.2) is 0 Å². The number of aromatic hydroxyl groups is 1. The minimum absolute atomic E-state index is 0.364. The van der Waals surface area contributed by atoms with Crippen molar-refractivity contribution in [2.24, 2.45) is 0 Å². The molecule has 1 saturated carbocycles. The summed E-state index contributed by atoms with van der Waals surface area (Å²) in [6.45, 7) is 0. The van der Waals surface area contributed by atoms with E-state index in [1.807, 2.05) is 43.1 Å². The third kappa shape index (κ3) is 2.79. The average molecular weight is 288 g/mol. The van der Waals surface area contributed by atoms with Crippen molar-refractivity contribution in [3.63, 3.8) is 0 Å². The smallest absolute Gasteiger partial charge is 0.123 e. The average Bonchev–Trinajstić information content (AvgIpc) is 2.51. The highest BCUT2D eigenvalue weighted by atomic mass is 32.2. The molecule has 0 aromatic heterocycles. The number of phenolic OH excluding ortho intramolecular Hbond substituents is 1. The number of thioether (sulfide) groups is 1. The van der Waals surface area contributed by atoms with Crippen LogP contribution in [0.1, 0.15) is 25.7 Å². The molecule has 0 radical (unpaired) electrons. The third-order valence-corrected chi connectivity index (χ3v) is 5.44. The second-order valence-corrected chi connectivity index (χ2v) is 6.73. The fourth-order valence-electron chi connectivity index (χ4n) is 2.96. The molecule has 0 heterocycles. The molecule has 0 saturated heterocycles. The first-order valence-corrected chi connectivity index (χ1v) is 8.06. The van der Waals surface area contributed by atoms with Crippen LogP contribution in [0.3, 0.4) is 0 Å². The number of phenols is 1. The molecule has 20 heavy (non-hydrogen) atoms. The summed E-state index contributed by atoms with van der Waals surface area (Å²) in [7, 11) is 1.81. The number of hydrogen-bond acceptors (Lipinski definition) is 3. The van der Waals surface area contributed by atoms with E-state index in [0.29, 0.717) is 17.1 Å². The SMILES string of the molecule is COC1CCCC(Sc2ccc(O)c3ccccc23)C1. The lowest BCUT2D eigenvalue weighted by Crippen LogP contribution is -2.23. The van der Waals surface area contributed by atoms with Crippen LogP contribution in [0.2, 0.25) is 0 Å². The zero-order valence-electron chi connectivity index (χ0n) is 11.7. The van der Waals surface area contributed by atoms with Gasteiger partial charge < -0.3 is 9.84 Å². The van der Waals surface area contributed by atoms with Crippen molar-refractivity contribution in [2.45, 2.75) is 41.9 Å².